The molecule has 0 radical (unpaired) electrons. The predicted molar refractivity (Wildman–Crippen MR) is 90.3 cm³/mol. The second-order valence-corrected chi connectivity index (χ2v) is 5.73. The third kappa shape index (κ3) is 5.12. The standard InChI is InChI=1S/C17H12F4N6O2/c18-13-6-4-10(5-7-13)16(29)24-22-14(28)9-27-25-15(23-26-27)11-2-1-3-12(8-11)17(19,20)21/h1-8H,9H2,(H,22,28)(H,24,29). The summed E-state index contributed by atoms with van der Waals surface area (Å²) in [5.74, 6) is -2.00. The van der Waals surface area contributed by atoms with Crippen LogP contribution in [-0.4, -0.2) is 32.0 Å². The van der Waals surface area contributed by atoms with E-state index in [-0.39, 0.29) is 17.0 Å². The molecular weight excluding hydrogens is 396 g/mol. The molecule has 2 amide bonds. The van der Waals surface area contributed by atoms with Gasteiger partial charge in [0.15, 0.2) is 0 Å². The molecule has 3 rings (SSSR count). The Morgan fingerprint density at radius 3 is 2.45 bits per heavy atom. The van der Waals surface area contributed by atoms with E-state index in [1.807, 2.05) is 0 Å². The number of amides is 2. The normalized spacial score (nSPS) is 11.2. The number of benzene rings is 2. The first kappa shape index (κ1) is 19.9. The number of nitrogens with zero attached hydrogens (tertiary/aromatic N) is 4. The molecule has 0 aliphatic heterocycles. The van der Waals surface area contributed by atoms with Crippen LogP contribution in [0.1, 0.15) is 15.9 Å². The first-order valence-corrected chi connectivity index (χ1v) is 8.02. The molecule has 2 aromatic carbocycles. The maximum absolute atomic E-state index is 12.8. The molecule has 29 heavy (non-hydrogen) atoms. The second-order valence-electron chi connectivity index (χ2n) is 5.73. The zero-order chi connectivity index (χ0) is 21.0. The average Bonchev–Trinajstić information content (AvgIpc) is 3.14. The lowest BCUT2D eigenvalue weighted by Crippen LogP contribution is -2.43. The summed E-state index contributed by atoms with van der Waals surface area (Å²) < 4.78 is 51.2. The van der Waals surface area contributed by atoms with Gasteiger partial charge in [-0.05, 0) is 41.6 Å². The number of nitrogens with one attached hydrogen (secondary N) is 2. The van der Waals surface area contributed by atoms with Crippen molar-refractivity contribution in [3.63, 3.8) is 0 Å². The van der Waals surface area contributed by atoms with E-state index >= 15 is 0 Å². The summed E-state index contributed by atoms with van der Waals surface area (Å²) in [5.41, 5.74) is 3.57. The van der Waals surface area contributed by atoms with Gasteiger partial charge in [0.2, 0.25) is 5.82 Å². The maximum atomic E-state index is 12.8. The number of carbonyl (C=O) groups is 2. The van der Waals surface area contributed by atoms with Crippen molar-refractivity contribution >= 4 is 11.8 Å². The third-order valence-electron chi connectivity index (χ3n) is 3.61. The van der Waals surface area contributed by atoms with Crippen molar-refractivity contribution < 1.29 is 27.2 Å². The summed E-state index contributed by atoms with van der Waals surface area (Å²) in [4.78, 5) is 24.6. The fourth-order valence-electron chi connectivity index (χ4n) is 2.23. The Hall–Kier alpha value is -3.83. The van der Waals surface area contributed by atoms with Gasteiger partial charge in [-0.25, -0.2) is 4.39 Å². The average molecular weight is 408 g/mol. The molecule has 1 aromatic heterocycles. The maximum Gasteiger partial charge on any atom is 0.416 e. The van der Waals surface area contributed by atoms with Crippen molar-refractivity contribution in [2.24, 2.45) is 0 Å². The highest BCUT2D eigenvalue weighted by Gasteiger charge is 2.30. The molecule has 0 spiro atoms. The number of hydrogen-bond donors (Lipinski definition) is 2. The van der Waals surface area contributed by atoms with E-state index in [9.17, 15) is 27.2 Å². The zero-order valence-electron chi connectivity index (χ0n) is 14.4. The number of hydrazine groups is 1. The highest BCUT2D eigenvalue weighted by molar-refractivity contribution is 5.95. The number of aromatic nitrogens is 4. The molecule has 150 valence electrons. The number of halogens is 4. The number of alkyl halides is 3. The Morgan fingerprint density at radius 1 is 1.03 bits per heavy atom. The molecule has 2 N–H and O–H groups in total. The number of hydrogen-bond acceptors (Lipinski definition) is 5. The first-order valence-electron chi connectivity index (χ1n) is 8.02. The SMILES string of the molecule is O=C(Cn1nnc(-c2cccc(C(F)(F)F)c2)n1)NNC(=O)c1ccc(F)cc1. The van der Waals surface area contributed by atoms with Crippen LogP contribution in [0.15, 0.2) is 48.5 Å². The second kappa shape index (κ2) is 8.04. The fraction of sp³-hybridized carbons (Fsp3) is 0.118. The van der Waals surface area contributed by atoms with Crippen LogP contribution in [0.5, 0.6) is 0 Å². The largest absolute Gasteiger partial charge is 0.416 e. The lowest BCUT2D eigenvalue weighted by molar-refractivity contribution is -0.137. The van der Waals surface area contributed by atoms with E-state index in [0.717, 1.165) is 29.1 Å². The van der Waals surface area contributed by atoms with Gasteiger partial charge in [-0.15, -0.1) is 10.2 Å². The van der Waals surface area contributed by atoms with Crippen LogP contribution < -0.4 is 10.9 Å². The molecule has 0 aliphatic carbocycles. The minimum absolute atomic E-state index is 0.0797. The van der Waals surface area contributed by atoms with E-state index < -0.39 is 35.9 Å². The predicted octanol–water partition coefficient (Wildman–Crippen LogP) is 1.96. The van der Waals surface area contributed by atoms with E-state index in [4.69, 9.17) is 0 Å². The summed E-state index contributed by atoms with van der Waals surface area (Å²) in [5, 5.41) is 11.1. The van der Waals surface area contributed by atoms with Gasteiger partial charge in [-0.3, -0.25) is 20.4 Å². The Morgan fingerprint density at radius 2 is 1.76 bits per heavy atom. The summed E-state index contributed by atoms with van der Waals surface area (Å²) >= 11 is 0. The number of tetrazole rings is 1. The molecular formula is C17H12F4N6O2. The fourth-order valence-corrected chi connectivity index (χ4v) is 2.23. The molecule has 0 saturated heterocycles. The molecule has 3 aromatic rings. The summed E-state index contributed by atoms with van der Waals surface area (Å²) in [6.45, 7) is -0.449. The molecule has 8 nitrogen and oxygen atoms in total. The lowest BCUT2D eigenvalue weighted by Gasteiger charge is -2.07. The Kier molecular flexibility index (Phi) is 5.52. The van der Waals surface area contributed by atoms with Gasteiger partial charge in [-0.1, -0.05) is 12.1 Å². The van der Waals surface area contributed by atoms with Crippen LogP contribution in [-0.2, 0) is 17.5 Å². The Balaban J connectivity index is 1.59. The topological polar surface area (TPSA) is 102 Å². The first-order chi connectivity index (χ1) is 13.7. The smallest absolute Gasteiger partial charge is 0.271 e. The Labute approximate surface area is 160 Å². The summed E-state index contributed by atoms with van der Waals surface area (Å²) in [6, 6.07) is 9.00. The van der Waals surface area contributed by atoms with Crippen molar-refractivity contribution in [2.45, 2.75) is 12.7 Å². The zero-order valence-corrected chi connectivity index (χ0v) is 14.4. The van der Waals surface area contributed by atoms with Gasteiger partial charge in [0.1, 0.15) is 12.4 Å². The molecule has 12 heteroatoms. The Bertz CT molecular complexity index is 1030. The molecule has 1 heterocycles. The van der Waals surface area contributed by atoms with Crippen molar-refractivity contribution in [2.75, 3.05) is 0 Å². The van der Waals surface area contributed by atoms with E-state index in [1.165, 1.54) is 24.3 Å². The molecule has 0 saturated carbocycles. The monoisotopic (exact) mass is 408 g/mol. The minimum Gasteiger partial charge on any atom is -0.271 e. The van der Waals surface area contributed by atoms with Crippen molar-refractivity contribution in [3.8, 4) is 11.4 Å². The van der Waals surface area contributed by atoms with E-state index in [0.29, 0.717) is 0 Å². The molecule has 0 atom stereocenters. The van der Waals surface area contributed by atoms with Crippen LogP contribution in [0, 0.1) is 5.82 Å². The molecule has 0 aliphatic rings. The quantitative estimate of drug-likeness (QED) is 0.508. The van der Waals surface area contributed by atoms with Gasteiger partial charge < -0.3 is 0 Å². The van der Waals surface area contributed by atoms with Crippen LogP contribution in [0.25, 0.3) is 11.4 Å². The van der Waals surface area contributed by atoms with Gasteiger partial charge in [0.05, 0.1) is 5.56 Å². The highest BCUT2D eigenvalue weighted by Crippen LogP contribution is 2.31. The van der Waals surface area contributed by atoms with Crippen LogP contribution in [0.2, 0.25) is 0 Å². The highest BCUT2D eigenvalue weighted by atomic mass is 19.4. The van der Waals surface area contributed by atoms with Crippen molar-refractivity contribution in [1.82, 2.24) is 31.1 Å². The molecule has 0 unspecified atom stereocenters. The van der Waals surface area contributed by atoms with Gasteiger partial charge >= 0.3 is 6.18 Å². The van der Waals surface area contributed by atoms with Gasteiger partial charge in [0, 0.05) is 11.1 Å². The van der Waals surface area contributed by atoms with Crippen LogP contribution >= 0.6 is 0 Å². The van der Waals surface area contributed by atoms with E-state index in [2.05, 4.69) is 26.3 Å². The number of rotatable bonds is 4. The van der Waals surface area contributed by atoms with Crippen LogP contribution in [0.3, 0.4) is 0 Å². The molecule has 0 bridgehead atoms. The van der Waals surface area contributed by atoms with Crippen LogP contribution in [0.4, 0.5) is 17.6 Å². The van der Waals surface area contributed by atoms with Crippen molar-refractivity contribution in [3.05, 3.63) is 65.5 Å². The summed E-state index contributed by atoms with van der Waals surface area (Å²) in [6.07, 6.45) is -4.52. The lowest BCUT2D eigenvalue weighted by atomic mass is 10.1. The molecule has 0 fully saturated rings. The number of carbonyl (C=O) groups excluding carboxylic acids is 2. The van der Waals surface area contributed by atoms with Crippen molar-refractivity contribution in [1.29, 1.82) is 0 Å². The third-order valence-corrected chi connectivity index (χ3v) is 3.61. The minimum atomic E-state index is -4.52. The van der Waals surface area contributed by atoms with Gasteiger partial charge in [-0.2, -0.15) is 18.0 Å². The van der Waals surface area contributed by atoms with E-state index in [1.54, 1.807) is 0 Å². The summed E-state index contributed by atoms with van der Waals surface area (Å²) in [7, 11) is 0. The van der Waals surface area contributed by atoms with Gasteiger partial charge in [0.25, 0.3) is 11.8 Å².